The van der Waals surface area contributed by atoms with Crippen LogP contribution < -0.4 is 0 Å². The van der Waals surface area contributed by atoms with Crippen molar-refractivity contribution in [3.05, 3.63) is 0 Å². The Bertz CT molecular complexity index is 177. The quantitative estimate of drug-likeness (QED) is 0.550. The summed E-state index contributed by atoms with van der Waals surface area (Å²) in [6, 6.07) is 1.75. The number of nitrogens with zero attached hydrogens (tertiary/aromatic N) is 1. The van der Waals surface area contributed by atoms with E-state index in [-0.39, 0.29) is 0 Å². The summed E-state index contributed by atoms with van der Waals surface area (Å²) in [5.41, 5.74) is 0. The maximum Gasteiger partial charge on any atom is 0.300 e. The van der Waals surface area contributed by atoms with Crippen LogP contribution in [0.4, 0.5) is 0 Å². The van der Waals surface area contributed by atoms with Crippen molar-refractivity contribution < 1.29 is 29.7 Å². The van der Waals surface area contributed by atoms with Crippen molar-refractivity contribution in [3.63, 3.8) is 0 Å². The molecular weight excluding hydrogens is 206 g/mol. The molecule has 0 aliphatic heterocycles. The van der Waals surface area contributed by atoms with E-state index in [4.69, 9.17) is 35.0 Å². The Morgan fingerprint density at radius 1 is 0.867 bits per heavy atom. The second kappa shape index (κ2) is 22.7. The molecule has 0 radical (unpaired) electrons. The van der Waals surface area contributed by atoms with E-state index in [9.17, 15) is 0 Å². The Labute approximate surface area is 87.6 Å². The van der Waals surface area contributed by atoms with Crippen LogP contribution in [0, 0.1) is 11.3 Å². The smallest absolute Gasteiger partial charge is 0.300 e. The molecule has 0 bridgehead atoms. The van der Waals surface area contributed by atoms with Crippen LogP contribution in [0.3, 0.4) is 0 Å². The molecule has 7 heteroatoms. The van der Waals surface area contributed by atoms with Crippen LogP contribution in [0.2, 0.25) is 0 Å². The molecule has 15 heavy (non-hydrogen) atoms. The van der Waals surface area contributed by atoms with E-state index >= 15 is 0 Å². The average Bonchev–Trinajstić information content (AvgIpc) is 1.81. The minimum Gasteiger partial charge on any atom is -0.481 e. The fourth-order valence-electron chi connectivity index (χ4n) is 0. The molecule has 88 valence electrons. The lowest BCUT2D eigenvalue weighted by Crippen LogP contribution is -1.78. The van der Waals surface area contributed by atoms with Gasteiger partial charge in [0.15, 0.2) is 0 Å². The maximum absolute atomic E-state index is 9.00. The van der Waals surface area contributed by atoms with Crippen molar-refractivity contribution >= 4 is 17.9 Å². The zero-order valence-corrected chi connectivity index (χ0v) is 9.01. The van der Waals surface area contributed by atoms with Crippen molar-refractivity contribution in [1.82, 2.24) is 0 Å². The highest BCUT2D eigenvalue weighted by atomic mass is 16.4. The molecule has 0 heterocycles. The van der Waals surface area contributed by atoms with Gasteiger partial charge in [-0.05, 0) is 0 Å². The van der Waals surface area contributed by atoms with Crippen molar-refractivity contribution in [2.75, 3.05) is 0 Å². The molecule has 0 atom stereocenters. The number of hydrogen-bond donors (Lipinski definition) is 3. The molecule has 0 aromatic heterocycles. The molecule has 0 fully saturated rings. The van der Waals surface area contributed by atoms with Gasteiger partial charge < -0.3 is 15.3 Å². The van der Waals surface area contributed by atoms with Crippen molar-refractivity contribution in [3.8, 4) is 6.07 Å². The Hall–Kier alpha value is -2.10. The van der Waals surface area contributed by atoms with Gasteiger partial charge in [0, 0.05) is 27.7 Å². The largest absolute Gasteiger partial charge is 0.481 e. The normalized spacial score (nSPS) is 5.53. The Kier molecular flexibility index (Phi) is 34.8. The molecule has 0 aliphatic rings. The summed E-state index contributed by atoms with van der Waals surface area (Å²) in [6.07, 6.45) is 0. The average molecular weight is 221 g/mol. The summed E-state index contributed by atoms with van der Waals surface area (Å²) in [5.74, 6) is -2.50. The van der Waals surface area contributed by atoms with E-state index in [1.165, 1.54) is 6.92 Å². The Morgan fingerprint density at radius 2 is 0.867 bits per heavy atom. The van der Waals surface area contributed by atoms with Gasteiger partial charge in [0.05, 0.1) is 6.07 Å². The first kappa shape index (κ1) is 23.1. The van der Waals surface area contributed by atoms with Gasteiger partial charge >= 0.3 is 0 Å². The van der Waals surface area contributed by atoms with E-state index in [1.807, 2.05) is 0 Å². The number of aliphatic carboxylic acids is 3. The highest BCUT2D eigenvalue weighted by molar-refractivity contribution is 5.63. The van der Waals surface area contributed by atoms with E-state index in [2.05, 4.69) is 0 Å². The van der Waals surface area contributed by atoms with Crippen LogP contribution in [0.5, 0.6) is 0 Å². The molecule has 0 saturated heterocycles. The molecule has 0 saturated carbocycles. The van der Waals surface area contributed by atoms with Gasteiger partial charge in [0.1, 0.15) is 0 Å². The minimum absolute atomic E-state index is 0.833. The second-order valence-electron chi connectivity index (χ2n) is 1.78. The predicted octanol–water partition coefficient (Wildman–Crippen LogP) is 0.803. The number of carbonyl (C=O) groups is 3. The van der Waals surface area contributed by atoms with Crippen LogP contribution >= 0.6 is 0 Å². The van der Waals surface area contributed by atoms with E-state index in [0.717, 1.165) is 20.8 Å². The fourth-order valence-corrected chi connectivity index (χ4v) is 0. The molecule has 7 nitrogen and oxygen atoms in total. The van der Waals surface area contributed by atoms with Crippen LogP contribution in [0.1, 0.15) is 27.7 Å². The van der Waals surface area contributed by atoms with Crippen molar-refractivity contribution in [2.45, 2.75) is 27.7 Å². The molecule has 0 aromatic rings. The van der Waals surface area contributed by atoms with E-state index in [0.29, 0.717) is 0 Å². The van der Waals surface area contributed by atoms with Crippen LogP contribution in [0.15, 0.2) is 0 Å². The Balaban J connectivity index is -0.0000000542. The maximum atomic E-state index is 9.00. The number of carboxylic acids is 3. The molecule has 0 amide bonds. The zero-order chi connectivity index (χ0) is 13.4. The molecule has 0 unspecified atom stereocenters. The lowest BCUT2D eigenvalue weighted by molar-refractivity contribution is -0.135. The monoisotopic (exact) mass is 221 g/mol. The topological polar surface area (TPSA) is 136 Å². The summed E-state index contributed by atoms with van der Waals surface area (Å²) in [7, 11) is 0. The van der Waals surface area contributed by atoms with Gasteiger partial charge in [-0.15, -0.1) is 0 Å². The van der Waals surface area contributed by atoms with Gasteiger partial charge in [-0.1, -0.05) is 0 Å². The fraction of sp³-hybridized carbons (Fsp3) is 0.500. The predicted molar refractivity (Wildman–Crippen MR) is 51.2 cm³/mol. The van der Waals surface area contributed by atoms with Gasteiger partial charge in [0.2, 0.25) is 0 Å². The molecular formula is C8H15NO6. The highest BCUT2D eigenvalue weighted by Crippen LogP contribution is 1.42. The first-order valence-electron chi connectivity index (χ1n) is 3.51. The molecule has 0 spiro atoms. The number of carboxylic acid groups (broad SMARTS) is 3. The van der Waals surface area contributed by atoms with E-state index in [1.54, 1.807) is 6.07 Å². The summed E-state index contributed by atoms with van der Waals surface area (Å²) in [6.45, 7) is 4.68. The van der Waals surface area contributed by atoms with Crippen LogP contribution in [0.25, 0.3) is 0 Å². The SMILES string of the molecule is CC#N.CC(=O)O.CC(=O)O.CC(=O)O. The lowest BCUT2D eigenvalue weighted by atomic mass is 10.9. The van der Waals surface area contributed by atoms with Crippen LogP contribution in [-0.4, -0.2) is 33.2 Å². The number of nitriles is 1. The first-order chi connectivity index (χ1) is 6.61. The van der Waals surface area contributed by atoms with Crippen molar-refractivity contribution in [1.29, 1.82) is 5.26 Å². The highest BCUT2D eigenvalue weighted by Gasteiger charge is 1.66. The van der Waals surface area contributed by atoms with Gasteiger partial charge in [-0.25, -0.2) is 0 Å². The molecule has 0 aromatic carbocycles. The van der Waals surface area contributed by atoms with Gasteiger partial charge in [-0.2, -0.15) is 5.26 Å². The third kappa shape index (κ3) is 264. The number of hydrogen-bond acceptors (Lipinski definition) is 4. The summed E-state index contributed by atoms with van der Waals surface area (Å²) in [5, 5.41) is 29.6. The number of rotatable bonds is 0. The third-order valence-corrected chi connectivity index (χ3v) is 0. The van der Waals surface area contributed by atoms with E-state index < -0.39 is 17.9 Å². The summed E-state index contributed by atoms with van der Waals surface area (Å²) in [4.78, 5) is 27.0. The molecule has 3 N–H and O–H groups in total. The first-order valence-corrected chi connectivity index (χ1v) is 3.51. The van der Waals surface area contributed by atoms with Crippen molar-refractivity contribution in [2.24, 2.45) is 0 Å². The standard InChI is InChI=1S/C2H3N.3C2H4O2/c1-2-3;3*1-2(3)4/h1H3;3*1H3,(H,3,4). The molecule has 0 rings (SSSR count). The van der Waals surface area contributed by atoms with Gasteiger partial charge in [0.25, 0.3) is 17.9 Å². The van der Waals surface area contributed by atoms with Gasteiger partial charge in [-0.3, -0.25) is 14.4 Å². The summed E-state index contributed by atoms with van der Waals surface area (Å²) >= 11 is 0. The summed E-state index contributed by atoms with van der Waals surface area (Å²) < 4.78 is 0. The second-order valence-corrected chi connectivity index (χ2v) is 1.78. The third-order valence-electron chi connectivity index (χ3n) is 0. The Morgan fingerprint density at radius 3 is 0.867 bits per heavy atom. The lowest BCUT2D eigenvalue weighted by Gasteiger charge is -1.59. The van der Waals surface area contributed by atoms with Crippen LogP contribution in [-0.2, 0) is 14.4 Å². The zero-order valence-electron chi connectivity index (χ0n) is 9.01. The molecule has 0 aliphatic carbocycles. The minimum atomic E-state index is -0.833.